The van der Waals surface area contributed by atoms with Gasteiger partial charge in [-0.3, -0.25) is 0 Å². The average Bonchev–Trinajstić information content (AvgIpc) is 3.37. The minimum absolute atomic E-state index is 0.436. The average molecular weight is 716 g/mol. The molecule has 0 fully saturated rings. The first-order valence-corrected chi connectivity index (χ1v) is 15.9. The fraction of sp³-hybridized carbons (Fsp3) is 0.0256. The van der Waals surface area contributed by atoms with Gasteiger partial charge in [-0.1, -0.05) is 97.1 Å². The van der Waals surface area contributed by atoms with Gasteiger partial charge in [0.15, 0.2) is 0 Å². The van der Waals surface area contributed by atoms with Gasteiger partial charge in [0.25, 0.3) is 0 Å². The second kappa shape index (κ2) is 12.0. The number of halogens is 2. The molecule has 0 atom stereocenters. The van der Waals surface area contributed by atoms with Crippen LogP contribution in [0, 0.1) is 0 Å². The molecule has 0 saturated carbocycles. The molecule has 45 heavy (non-hydrogen) atoms. The Morgan fingerprint density at radius 3 is 1.20 bits per heavy atom. The topological polar surface area (TPSA) is 52.6 Å². The minimum Gasteiger partial charge on any atom is -0.423 e. The lowest BCUT2D eigenvalue weighted by molar-refractivity contribution is 0.0724. The van der Waals surface area contributed by atoms with Crippen molar-refractivity contribution < 1.29 is 19.1 Å². The van der Waals surface area contributed by atoms with Crippen molar-refractivity contribution in [3.05, 3.63) is 188 Å². The first-order chi connectivity index (χ1) is 22.0. The third-order valence-electron chi connectivity index (χ3n) is 8.14. The summed E-state index contributed by atoms with van der Waals surface area (Å²) in [6.07, 6.45) is 0. The summed E-state index contributed by atoms with van der Waals surface area (Å²) in [5, 5.41) is 0. The Labute approximate surface area is 277 Å². The van der Waals surface area contributed by atoms with Gasteiger partial charge in [-0.05, 0) is 114 Å². The van der Waals surface area contributed by atoms with Gasteiger partial charge in [-0.2, -0.15) is 0 Å². The van der Waals surface area contributed by atoms with E-state index < -0.39 is 17.4 Å². The molecule has 0 amide bonds. The number of carbonyl (C=O) groups excluding carboxylic acids is 2. The highest BCUT2D eigenvalue weighted by Crippen LogP contribution is 2.56. The summed E-state index contributed by atoms with van der Waals surface area (Å²) in [5.74, 6) is 0.0236. The molecular weight excluding hydrogens is 692 g/mol. The smallest absolute Gasteiger partial charge is 0.344 e. The molecule has 0 aliphatic heterocycles. The van der Waals surface area contributed by atoms with Crippen LogP contribution in [0.25, 0.3) is 11.1 Å². The van der Waals surface area contributed by atoms with Crippen molar-refractivity contribution in [2.45, 2.75) is 5.41 Å². The monoisotopic (exact) mass is 714 g/mol. The van der Waals surface area contributed by atoms with Crippen LogP contribution in [0.15, 0.2) is 155 Å². The van der Waals surface area contributed by atoms with Crippen molar-refractivity contribution >= 4 is 43.8 Å². The van der Waals surface area contributed by atoms with Crippen molar-refractivity contribution in [3.63, 3.8) is 0 Å². The van der Waals surface area contributed by atoms with Crippen molar-refractivity contribution in [1.29, 1.82) is 0 Å². The maximum absolute atomic E-state index is 12.9. The van der Waals surface area contributed by atoms with Crippen LogP contribution in [0.5, 0.6) is 11.5 Å². The van der Waals surface area contributed by atoms with Crippen molar-refractivity contribution in [2.24, 2.45) is 0 Å². The lowest BCUT2D eigenvalue weighted by Crippen LogP contribution is -2.28. The van der Waals surface area contributed by atoms with E-state index in [1.807, 2.05) is 72.8 Å². The Kier molecular flexibility index (Phi) is 7.70. The van der Waals surface area contributed by atoms with E-state index >= 15 is 0 Å². The van der Waals surface area contributed by atoms with Crippen molar-refractivity contribution in [2.75, 3.05) is 0 Å². The molecule has 0 spiro atoms. The Bertz CT molecular complexity index is 1920. The number of rotatable bonds is 6. The zero-order valence-electron chi connectivity index (χ0n) is 23.7. The van der Waals surface area contributed by atoms with Gasteiger partial charge in [0, 0.05) is 8.95 Å². The summed E-state index contributed by atoms with van der Waals surface area (Å²) in [7, 11) is 0. The van der Waals surface area contributed by atoms with Crippen LogP contribution < -0.4 is 9.47 Å². The first kappa shape index (κ1) is 29.0. The van der Waals surface area contributed by atoms with Crippen LogP contribution in [0.4, 0.5) is 0 Å². The zero-order valence-corrected chi connectivity index (χ0v) is 26.9. The third-order valence-corrected chi connectivity index (χ3v) is 9.52. The van der Waals surface area contributed by atoms with Gasteiger partial charge in [-0.15, -0.1) is 0 Å². The molecule has 0 bridgehead atoms. The Morgan fingerprint density at radius 1 is 0.444 bits per heavy atom. The van der Waals surface area contributed by atoms with Gasteiger partial charge in [0.2, 0.25) is 0 Å². The quantitative estimate of drug-likeness (QED) is 0.127. The fourth-order valence-electron chi connectivity index (χ4n) is 6.15. The fourth-order valence-corrected chi connectivity index (χ4v) is 7.04. The molecule has 0 heterocycles. The molecule has 6 aromatic rings. The molecule has 0 unspecified atom stereocenters. The molecule has 6 aromatic carbocycles. The molecule has 1 aliphatic carbocycles. The highest BCUT2D eigenvalue weighted by Gasteiger charge is 2.45. The van der Waals surface area contributed by atoms with Gasteiger partial charge in [0.1, 0.15) is 11.5 Å². The molecule has 218 valence electrons. The van der Waals surface area contributed by atoms with Crippen LogP contribution in [-0.4, -0.2) is 11.9 Å². The lowest BCUT2D eigenvalue weighted by atomic mass is 9.68. The maximum atomic E-state index is 12.9. The van der Waals surface area contributed by atoms with Crippen LogP contribution in [0.2, 0.25) is 0 Å². The standard InChI is InChI=1S/C39H24Br2O4/c40-35-15-7-3-11-31(35)37(42)44-27-21-17-25(18-22-27)39(33-13-5-1-9-29(33)30-10-2-6-14-34(30)39)26-19-23-28(24-20-26)45-38(43)32-12-4-8-16-36(32)41/h1-24H. The van der Waals surface area contributed by atoms with Crippen LogP contribution >= 0.6 is 31.9 Å². The highest BCUT2D eigenvalue weighted by molar-refractivity contribution is 9.10. The number of benzene rings is 6. The van der Waals surface area contributed by atoms with E-state index in [0.29, 0.717) is 31.6 Å². The summed E-state index contributed by atoms with van der Waals surface area (Å²) < 4.78 is 12.9. The van der Waals surface area contributed by atoms with Gasteiger partial charge in [-0.25, -0.2) is 9.59 Å². The molecule has 6 heteroatoms. The Balaban J connectivity index is 1.30. The van der Waals surface area contributed by atoms with Crippen LogP contribution in [0.3, 0.4) is 0 Å². The van der Waals surface area contributed by atoms with Crippen LogP contribution in [0.1, 0.15) is 43.0 Å². The van der Waals surface area contributed by atoms with Crippen molar-refractivity contribution in [3.8, 4) is 22.6 Å². The number of ether oxygens (including phenoxy) is 2. The molecule has 0 N–H and O–H groups in total. The third kappa shape index (κ3) is 5.10. The van der Waals surface area contributed by atoms with E-state index in [1.165, 1.54) is 0 Å². The number of carbonyl (C=O) groups is 2. The molecular formula is C39H24Br2O4. The Morgan fingerprint density at radius 2 is 0.800 bits per heavy atom. The van der Waals surface area contributed by atoms with E-state index in [0.717, 1.165) is 33.4 Å². The molecule has 1 aliphatic rings. The van der Waals surface area contributed by atoms with Crippen molar-refractivity contribution in [1.82, 2.24) is 0 Å². The Hall–Kier alpha value is -4.78. The largest absolute Gasteiger partial charge is 0.423 e. The maximum Gasteiger partial charge on any atom is 0.344 e. The normalized spacial score (nSPS) is 12.6. The summed E-state index contributed by atoms with van der Waals surface area (Å²) in [6.45, 7) is 0. The number of esters is 2. The molecule has 0 saturated heterocycles. The summed E-state index contributed by atoms with van der Waals surface area (Å²) in [5.41, 5.74) is 6.86. The van der Waals surface area contributed by atoms with E-state index in [2.05, 4.69) is 80.4 Å². The zero-order chi connectivity index (χ0) is 31.0. The molecule has 7 rings (SSSR count). The predicted molar refractivity (Wildman–Crippen MR) is 182 cm³/mol. The second-order valence-corrected chi connectivity index (χ2v) is 12.3. The number of fused-ring (bicyclic) bond motifs is 3. The first-order valence-electron chi connectivity index (χ1n) is 14.3. The van der Waals surface area contributed by atoms with E-state index in [1.54, 1.807) is 24.3 Å². The van der Waals surface area contributed by atoms with Gasteiger partial charge in [0.05, 0.1) is 16.5 Å². The molecule has 4 nitrogen and oxygen atoms in total. The van der Waals surface area contributed by atoms with E-state index in [9.17, 15) is 9.59 Å². The highest BCUT2D eigenvalue weighted by atomic mass is 79.9. The van der Waals surface area contributed by atoms with E-state index in [4.69, 9.17) is 9.47 Å². The molecule has 0 radical (unpaired) electrons. The van der Waals surface area contributed by atoms with Gasteiger partial charge < -0.3 is 9.47 Å². The predicted octanol–water partition coefficient (Wildman–Crippen LogP) is 10.0. The summed E-state index contributed by atoms with van der Waals surface area (Å²) in [4.78, 5) is 25.8. The molecule has 0 aromatic heterocycles. The lowest BCUT2D eigenvalue weighted by Gasteiger charge is -2.34. The minimum atomic E-state index is -0.664. The second-order valence-electron chi connectivity index (χ2n) is 10.6. The SMILES string of the molecule is O=C(Oc1ccc(C2(c3ccc(OC(=O)c4ccccc4Br)cc3)c3ccccc3-c3ccccc32)cc1)c1ccccc1Br. The van der Waals surface area contributed by atoms with E-state index in [-0.39, 0.29) is 0 Å². The number of hydrogen-bond acceptors (Lipinski definition) is 4. The van der Waals surface area contributed by atoms with Gasteiger partial charge >= 0.3 is 11.9 Å². The number of hydrogen-bond donors (Lipinski definition) is 0. The summed E-state index contributed by atoms with van der Waals surface area (Å²) in [6, 6.07) is 46.6. The van der Waals surface area contributed by atoms with Crippen LogP contribution in [-0.2, 0) is 5.41 Å². The summed E-state index contributed by atoms with van der Waals surface area (Å²) >= 11 is 6.87.